The molecule has 0 saturated heterocycles. The molecule has 0 saturated carbocycles. The monoisotopic (exact) mass is 177 g/mol. The molecule has 0 amide bonds. The van der Waals surface area contributed by atoms with E-state index in [0.717, 1.165) is 16.3 Å². The molecule has 12 heavy (non-hydrogen) atoms. The summed E-state index contributed by atoms with van der Waals surface area (Å²) in [7, 11) is 1.99. The predicted octanol–water partition coefficient (Wildman–Crippen LogP) is -0.290. The first-order valence-corrected chi connectivity index (χ1v) is 4.88. The highest BCUT2D eigenvalue weighted by Gasteiger charge is 2.02. The van der Waals surface area contributed by atoms with Gasteiger partial charge in [-0.3, -0.25) is 4.98 Å². The molecule has 0 N–H and O–H groups in total. The topological polar surface area (TPSA) is 30.2 Å². The van der Waals surface area contributed by atoms with Gasteiger partial charge in [0, 0.05) is 24.2 Å². The highest BCUT2D eigenvalue weighted by molar-refractivity contribution is 7.98. The molecule has 0 fully saturated rings. The molecular weight excluding hydrogens is 169 g/mol. The van der Waals surface area contributed by atoms with Crippen molar-refractivity contribution in [1.29, 1.82) is 0 Å². The van der Waals surface area contributed by atoms with Crippen molar-refractivity contribution in [3.8, 4) is 0 Å². The van der Waals surface area contributed by atoms with Crippen LogP contribution < -0.4 is 5.59 Å². The van der Waals surface area contributed by atoms with Gasteiger partial charge in [-0.15, -0.1) is 11.8 Å². The third-order valence-corrected chi connectivity index (χ3v) is 2.32. The van der Waals surface area contributed by atoms with Gasteiger partial charge in [0.2, 0.25) is 0 Å². The number of thioether (sulfide) groups is 1. The Balaban J connectivity index is 2.80. The Morgan fingerprint density at radius 1 is 1.58 bits per heavy atom. The second kappa shape index (κ2) is 2.82. The van der Waals surface area contributed by atoms with E-state index in [9.17, 15) is 0 Å². The SMILES string of the molecule is Bc1cn2ccnc2c(SC)n1. The predicted molar refractivity (Wildman–Crippen MR) is 52.9 cm³/mol. The van der Waals surface area contributed by atoms with Crippen molar-refractivity contribution < 1.29 is 0 Å². The first-order valence-electron chi connectivity index (χ1n) is 3.65. The number of fused-ring (bicyclic) bond motifs is 1. The summed E-state index contributed by atoms with van der Waals surface area (Å²) in [5, 5.41) is 0.986. The molecule has 0 aliphatic rings. The highest BCUT2D eigenvalue weighted by atomic mass is 32.2. The maximum Gasteiger partial charge on any atom is 0.169 e. The Morgan fingerprint density at radius 2 is 2.42 bits per heavy atom. The van der Waals surface area contributed by atoms with E-state index in [1.807, 2.05) is 30.9 Å². The minimum absolute atomic E-state index is 0.938. The molecule has 5 heteroatoms. The molecule has 0 radical (unpaired) electrons. The largest absolute Gasteiger partial charge is 0.304 e. The molecule has 0 aromatic carbocycles. The Labute approximate surface area is 75.6 Å². The number of nitrogens with zero attached hydrogens (tertiary/aromatic N) is 3. The summed E-state index contributed by atoms with van der Waals surface area (Å²) in [5.74, 6) is 0. The summed E-state index contributed by atoms with van der Waals surface area (Å²) in [6.07, 6.45) is 7.71. The van der Waals surface area contributed by atoms with Crippen molar-refractivity contribution >= 4 is 30.8 Å². The average Bonchev–Trinajstić information content (AvgIpc) is 2.50. The molecule has 2 aromatic rings. The highest BCUT2D eigenvalue weighted by Crippen LogP contribution is 2.14. The van der Waals surface area contributed by atoms with Gasteiger partial charge in [0.25, 0.3) is 0 Å². The molecule has 60 valence electrons. The minimum atomic E-state index is 0.938. The van der Waals surface area contributed by atoms with Crippen LogP contribution in [-0.4, -0.2) is 28.5 Å². The van der Waals surface area contributed by atoms with Gasteiger partial charge >= 0.3 is 0 Å². The first-order chi connectivity index (χ1) is 5.81. The molecule has 2 heterocycles. The van der Waals surface area contributed by atoms with Crippen LogP contribution in [0.4, 0.5) is 0 Å². The fraction of sp³-hybridized carbons (Fsp3) is 0.143. The summed E-state index contributed by atoms with van der Waals surface area (Å²) < 4.78 is 1.99. The fourth-order valence-electron chi connectivity index (χ4n) is 1.16. The maximum absolute atomic E-state index is 4.37. The van der Waals surface area contributed by atoms with Crippen LogP contribution in [0.3, 0.4) is 0 Å². The zero-order valence-electron chi connectivity index (χ0n) is 6.98. The summed E-state index contributed by atoms with van der Waals surface area (Å²) in [4.78, 5) is 8.58. The molecule has 0 aliphatic heterocycles. The number of aromatic nitrogens is 3. The lowest BCUT2D eigenvalue weighted by molar-refractivity contribution is 1.06. The molecular formula is C7H8BN3S. The van der Waals surface area contributed by atoms with Crippen molar-refractivity contribution in [3.63, 3.8) is 0 Å². The van der Waals surface area contributed by atoms with Crippen molar-refractivity contribution in [2.45, 2.75) is 5.03 Å². The van der Waals surface area contributed by atoms with E-state index in [4.69, 9.17) is 0 Å². The van der Waals surface area contributed by atoms with Crippen LogP contribution in [0.2, 0.25) is 0 Å². The molecule has 0 bridgehead atoms. The first kappa shape index (κ1) is 7.67. The summed E-state index contributed by atoms with van der Waals surface area (Å²) in [6.45, 7) is 0. The normalized spacial score (nSPS) is 10.8. The number of hydrogen-bond acceptors (Lipinski definition) is 3. The Kier molecular flexibility index (Phi) is 1.80. The smallest absolute Gasteiger partial charge is 0.169 e. The third-order valence-electron chi connectivity index (χ3n) is 1.66. The Morgan fingerprint density at radius 3 is 3.17 bits per heavy atom. The molecule has 2 rings (SSSR count). The van der Waals surface area contributed by atoms with Gasteiger partial charge in [-0.2, -0.15) is 0 Å². The van der Waals surface area contributed by atoms with Crippen LogP contribution >= 0.6 is 11.8 Å². The molecule has 0 atom stereocenters. The zero-order valence-corrected chi connectivity index (χ0v) is 7.80. The number of rotatable bonds is 1. The molecule has 0 unspecified atom stereocenters. The van der Waals surface area contributed by atoms with Crippen molar-refractivity contribution in [1.82, 2.24) is 14.4 Å². The molecule has 0 aliphatic carbocycles. The van der Waals surface area contributed by atoms with Crippen LogP contribution in [-0.2, 0) is 0 Å². The van der Waals surface area contributed by atoms with Gasteiger partial charge < -0.3 is 4.40 Å². The second-order valence-corrected chi connectivity index (χ2v) is 3.34. The van der Waals surface area contributed by atoms with E-state index in [0.29, 0.717) is 0 Å². The van der Waals surface area contributed by atoms with Crippen LogP contribution in [0, 0.1) is 0 Å². The van der Waals surface area contributed by atoms with E-state index in [-0.39, 0.29) is 0 Å². The number of imidazole rings is 1. The van der Waals surface area contributed by atoms with E-state index < -0.39 is 0 Å². The van der Waals surface area contributed by atoms with Gasteiger partial charge in [0.05, 0.1) is 0 Å². The molecule has 3 nitrogen and oxygen atoms in total. The van der Waals surface area contributed by atoms with Gasteiger partial charge in [-0.1, -0.05) is 0 Å². The van der Waals surface area contributed by atoms with Gasteiger partial charge in [-0.25, -0.2) is 4.98 Å². The quantitative estimate of drug-likeness (QED) is 0.443. The lowest BCUT2D eigenvalue weighted by atomic mass is 10.1. The standard InChI is InChI=1S/C7H8BN3S/c1-12-7-6-9-2-3-11(6)4-5(8)10-7/h2-4H,8H2,1H3. The average molecular weight is 177 g/mol. The van der Waals surface area contributed by atoms with Crippen LogP contribution in [0.5, 0.6) is 0 Å². The van der Waals surface area contributed by atoms with E-state index in [1.54, 1.807) is 18.0 Å². The minimum Gasteiger partial charge on any atom is -0.304 e. The van der Waals surface area contributed by atoms with E-state index >= 15 is 0 Å². The molecule has 2 aromatic heterocycles. The van der Waals surface area contributed by atoms with Gasteiger partial charge in [0.1, 0.15) is 5.03 Å². The lowest BCUT2D eigenvalue weighted by Gasteiger charge is -2.00. The van der Waals surface area contributed by atoms with Gasteiger partial charge in [0.15, 0.2) is 13.5 Å². The van der Waals surface area contributed by atoms with Crippen molar-refractivity contribution in [3.05, 3.63) is 18.6 Å². The summed E-state index contributed by atoms with van der Waals surface area (Å²) in [6, 6.07) is 0. The van der Waals surface area contributed by atoms with Crippen LogP contribution in [0.1, 0.15) is 0 Å². The maximum atomic E-state index is 4.37. The van der Waals surface area contributed by atoms with Crippen molar-refractivity contribution in [2.75, 3.05) is 6.26 Å². The second-order valence-electron chi connectivity index (χ2n) is 2.55. The summed E-state index contributed by atoms with van der Waals surface area (Å²) >= 11 is 1.62. The van der Waals surface area contributed by atoms with Crippen molar-refractivity contribution in [2.24, 2.45) is 0 Å². The number of hydrogen-bond donors (Lipinski definition) is 0. The van der Waals surface area contributed by atoms with E-state index in [2.05, 4.69) is 9.97 Å². The summed E-state index contributed by atoms with van der Waals surface area (Å²) in [5.41, 5.74) is 1.96. The van der Waals surface area contributed by atoms with Crippen LogP contribution in [0.25, 0.3) is 5.65 Å². The zero-order chi connectivity index (χ0) is 8.55. The van der Waals surface area contributed by atoms with E-state index in [1.165, 1.54) is 0 Å². The fourth-order valence-corrected chi connectivity index (χ4v) is 1.74. The van der Waals surface area contributed by atoms with Crippen LogP contribution in [0.15, 0.2) is 23.6 Å². The molecule has 0 spiro atoms. The Hall–Kier alpha value is -0.965. The Bertz CT molecular complexity index is 412. The van der Waals surface area contributed by atoms with Gasteiger partial charge in [-0.05, 0) is 6.26 Å². The lowest BCUT2D eigenvalue weighted by Crippen LogP contribution is -2.11. The third kappa shape index (κ3) is 1.10.